The van der Waals surface area contributed by atoms with Gasteiger partial charge in [-0.15, -0.1) is 0 Å². The van der Waals surface area contributed by atoms with Crippen LogP contribution in [0.5, 0.6) is 0 Å². The van der Waals surface area contributed by atoms with Crippen LogP contribution in [0.3, 0.4) is 0 Å². The molecule has 1 heterocycles. The Morgan fingerprint density at radius 2 is 1.76 bits per heavy atom. The third-order valence-electron chi connectivity index (χ3n) is 2.91. The van der Waals surface area contributed by atoms with Crippen LogP contribution in [-0.4, -0.2) is 17.0 Å². The fourth-order valence-electron chi connectivity index (χ4n) is 1.82. The quantitative estimate of drug-likeness (QED) is 0.902. The standard InChI is InChI=1S/C14H15F3N4/c1-8-4-5-10(14(15,16)17)7-11(8)20-12-6-9(2)19-13(18-3)21-12/h4-7H,1-3H3,(H2,18,19,20,21). The van der Waals surface area contributed by atoms with Gasteiger partial charge in [-0.25, -0.2) is 4.98 Å². The first-order valence-corrected chi connectivity index (χ1v) is 6.28. The number of benzene rings is 1. The molecule has 0 aliphatic heterocycles. The highest BCUT2D eigenvalue weighted by atomic mass is 19.4. The van der Waals surface area contributed by atoms with Gasteiger partial charge in [-0.3, -0.25) is 0 Å². The van der Waals surface area contributed by atoms with Crippen molar-refractivity contribution in [1.29, 1.82) is 0 Å². The number of anilines is 3. The molecular formula is C14H15F3N4. The summed E-state index contributed by atoms with van der Waals surface area (Å²) in [5, 5.41) is 5.71. The molecule has 4 nitrogen and oxygen atoms in total. The van der Waals surface area contributed by atoms with Crippen molar-refractivity contribution in [2.45, 2.75) is 20.0 Å². The molecule has 0 fully saturated rings. The Bertz CT molecular complexity index is 653. The third kappa shape index (κ3) is 3.62. The van der Waals surface area contributed by atoms with Crippen molar-refractivity contribution >= 4 is 17.5 Å². The maximum atomic E-state index is 12.8. The SMILES string of the molecule is CNc1nc(C)cc(Nc2cc(C(F)(F)F)ccc2C)n1. The summed E-state index contributed by atoms with van der Waals surface area (Å²) in [4.78, 5) is 8.30. The van der Waals surface area contributed by atoms with Crippen LogP contribution in [0.2, 0.25) is 0 Å². The van der Waals surface area contributed by atoms with Crippen molar-refractivity contribution in [2.24, 2.45) is 0 Å². The van der Waals surface area contributed by atoms with Gasteiger partial charge in [0.25, 0.3) is 0 Å². The van der Waals surface area contributed by atoms with Crippen LogP contribution in [0.4, 0.5) is 30.6 Å². The lowest BCUT2D eigenvalue weighted by Gasteiger charge is -2.13. The molecule has 0 radical (unpaired) electrons. The van der Waals surface area contributed by atoms with E-state index in [1.807, 2.05) is 0 Å². The Balaban J connectivity index is 2.37. The van der Waals surface area contributed by atoms with E-state index in [4.69, 9.17) is 0 Å². The maximum Gasteiger partial charge on any atom is 0.416 e. The van der Waals surface area contributed by atoms with Crippen LogP contribution in [0, 0.1) is 13.8 Å². The molecule has 0 bridgehead atoms. The number of aromatic nitrogens is 2. The van der Waals surface area contributed by atoms with Crippen molar-refractivity contribution in [1.82, 2.24) is 9.97 Å². The third-order valence-corrected chi connectivity index (χ3v) is 2.91. The topological polar surface area (TPSA) is 49.8 Å². The zero-order valence-corrected chi connectivity index (χ0v) is 11.8. The van der Waals surface area contributed by atoms with Crippen LogP contribution >= 0.6 is 0 Å². The Kier molecular flexibility index (Phi) is 4.02. The predicted molar refractivity (Wildman–Crippen MR) is 75.8 cm³/mol. The zero-order chi connectivity index (χ0) is 15.6. The van der Waals surface area contributed by atoms with Gasteiger partial charge in [-0.1, -0.05) is 6.07 Å². The van der Waals surface area contributed by atoms with E-state index in [0.29, 0.717) is 28.7 Å². The van der Waals surface area contributed by atoms with Gasteiger partial charge in [0, 0.05) is 24.5 Å². The molecule has 0 saturated heterocycles. The number of hydrogen-bond donors (Lipinski definition) is 2. The van der Waals surface area contributed by atoms with E-state index < -0.39 is 11.7 Å². The van der Waals surface area contributed by atoms with Gasteiger partial charge in [-0.2, -0.15) is 18.2 Å². The Labute approximate surface area is 120 Å². The van der Waals surface area contributed by atoms with Crippen LogP contribution < -0.4 is 10.6 Å². The van der Waals surface area contributed by atoms with Gasteiger partial charge in [0.05, 0.1) is 5.56 Å². The average Bonchev–Trinajstić information content (AvgIpc) is 2.39. The molecule has 0 aliphatic rings. The Hall–Kier alpha value is -2.31. The van der Waals surface area contributed by atoms with Crippen LogP contribution in [0.25, 0.3) is 0 Å². The molecule has 7 heteroatoms. The lowest BCUT2D eigenvalue weighted by Crippen LogP contribution is -2.07. The fourth-order valence-corrected chi connectivity index (χ4v) is 1.82. The smallest absolute Gasteiger partial charge is 0.357 e. The van der Waals surface area contributed by atoms with Gasteiger partial charge in [0.15, 0.2) is 0 Å². The second kappa shape index (κ2) is 5.59. The number of hydrogen-bond acceptors (Lipinski definition) is 4. The normalized spacial score (nSPS) is 11.3. The van der Waals surface area contributed by atoms with E-state index in [1.165, 1.54) is 6.07 Å². The summed E-state index contributed by atoms with van der Waals surface area (Å²) in [5.74, 6) is 0.844. The minimum atomic E-state index is -4.37. The number of rotatable bonds is 3. The molecule has 2 rings (SSSR count). The monoisotopic (exact) mass is 296 g/mol. The van der Waals surface area contributed by atoms with Gasteiger partial charge in [0.1, 0.15) is 5.82 Å². The van der Waals surface area contributed by atoms with Crippen LogP contribution in [0.15, 0.2) is 24.3 Å². The molecule has 112 valence electrons. The van der Waals surface area contributed by atoms with E-state index >= 15 is 0 Å². The Morgan fingerprint density at radius 3 is 2.38 bits per heavy atom. The molecule has 0 unspecified atom stereocenters. The van der Waals surface area contributed by atoms with Crippen molar-refractivity contribution in [3.63, 3.8) is 0 Å². The van der Waals surface area contributed by atoms with E-state index in [2.05, 4.69) is 20.6 Å². The second-order valence-corrected chi connectivity index (χ2v) is 4.62. The minimum absolute atomic E-state index is 0.366. The van der Waals surface area contributed by atoms with Gasteiger partial charge < -0.3 is 10.6 Å². The molecular weight excluding hydrogens is 281 g/mol. The summed E-state index contributed by atoms with van der Waals surface area (Å²) in [5.41, 5.74) is 1.08. The molecule has 1 aromatic carbocycles. The first-order chi connectivity index (χ1) is 9.79. The van der Waals surface area contributed by atoms with Crippen molar-refractivity contribution in [3.05, 3.63) is 41.1 Å². The largest absolute Gasteiger partial charge is 0.416 e. The summed E-state index contributed by atoms with van der Waals surface area (Å²) in [6, 6.07) is 5.23. The van der Waals surface area contributed by atoms with Gasteiger partial charge >= 0.3 is 6.18 Å². The predicted octanol–water partition coefficient (Wildman–Crippen LogP) is 3.90. The summed E-state index contributed by atoms with van der Waals surface area (Å²) >= 11 is 0. The molecule has 2 aromatic rings. The summed E-state index contributed by atoms with van der Waals surface area (Å²) in [6.45, 7) is 3.52. The number of halogens is 3. The molecule has 0 spiro atoms. The van der Waals surface area contributed by atoms with Crippen molar-refractivity contribution in [3.8, 4) is 0 Å². The highest BCUT2D eigenvalue weighted by molar-refractivity contribution is 5.62. The lowest BCUT2D eigenvalue weighted by molar-refractivity contribution is -0.137. The fraction of sp³-hybridized carbons (Fsp3) is 0.286. The van der Waals surface area contributed by atoms with Crippen molar-refractivity contribution in [2.75, 3.05) is 17.7 Å². The van der Waals surface area contributed by atoms with Crippen molar-refractivity contribution < 1.29 is 13.2 Å². The minimum Gasteiger partial charge on any atom is -0.357 e. The summed E-state index contributed by atoms with van der Waals surface area (Å²) < 4.78 is 38.3. The summed E-state index contributed by atoms with van der Waals surface area (Å²) in [7, 11) is 1.67. The Morgan fingerprint density at radius 1 is 1.05 bits per heavy atom. The van der Waals surface area contributed by atoms with E-state index in [9.17, 15) is 13.2 Å². The first kappa shape index (κ1) is 15.1. The lowest BCUT2D eigenvalue weighted by atomic mass is 10.1. The molecule has 0 amide bonds. The average molecular weight is 296 g/mol. The number of nitrogens with one attached hydrogen (secondary N) is 2. The first-order valence-electron chi connectivity index (χ1n) is 6.28. The number of aryl methyl sites for hydroxylation is 2. The highest BCUT2D eigenvalue weighted by Crippen LogP contribution is 2.32. The summed E-state index contributed by atoms with van der Waals surface area (Å²) in [6.07, 6.45) is -4.37. The van der Waals surface area contributed by atoms with Gasteiger partial charge in [-0.05, 0) is 31.5 Å². The molecule has 21 heavy (non-hydrogen) atoms. The van der Waals surface area contributed by atoms with E-state index in [0.717, 1.165) is 12.1 Å². The van der Waals surface area contributed by atoms with Crippen LogP contribution in [-0.2, 0) is 6.18 Å². The number of alkyl halides is 3. The van der Waals surface area contributed by atoms with E-state index in [-0.39, 0.29) is 0 Å². The molecule has 0 saturated carbocycles. The second-order valence-electron chi connectivity index (χ2n) is 4.62. The maximum absolute atomic E-state index is 12.8. The zero-order valence-electron chi connectivity index (χ0n) is 11.8. The van der Waals surface area contributed by atoms with E-state index in [1.54, 1.807) is 27.0 Å². The molecule has 1 aromatic heterocycles. The van der Waals surface area contributed by atoms with Gasteiger partial charge in [0.2, 0.25) is 5.95 Å². The molecule has 0 atom stereocenters. The number of nitrogens with zero attached hydrogens (tertiary/aromatic N) is 2. The molecule has 2 N–H and O–H groups in total. The highest BCUT2D eigenvalue weighted by Gasteiger charge is 2.30. The molecule has 0 aliphatic carbocycles. The van der Waals surface area contributed by atoms with Crippen LogP contribution in [0.1, 0.15) is 16.8 Å².